The zero-order valence-electron chi connectivity index (χ0n) is 10.5. The van der Waals surface area contributed by atoms with Crippen LogP contribution in [0.4, 0.5) is 0 Å². The monoisotopic (exact) mass is 249 g/mol. The van der Waals surface area contributed by atoms with Gasteiger partial charge >= 0.3 is 5.97 Å². The van der Waals surface area contributed by atoms with Crippen LogP contribution in [-0.2, 0) is 19.1 Å². The van der Waals surface area contributed by atoms with Crippen molar-refractivity contribution in [3.8, 4) is 0 Å². The largest absolute Gasteiger partial charge is 0.454 e. The van der Waals surface area contributed by atoms with E-state index in [1.807, 2.05) is 6.92 Å². The van der Waals surface area contributed by atoms with Crippen molar-refractivity contribution >= 4 is 17.8 Å². The van der Waals surface area contributed by atoms with Crippen LogP contribution in [0, 0.1) is 5.41 Å². The van der Waals surface area contributed by atoms with Crippen molar-refractivity contribution in [2.24, 2.45) is 5.41 Å². The summed E-state index contributed by atoms with van der Waals surface area (Å²) < 4.78 is 5.44. The van der Waals surface area contributed by atoms with E-state index in [9.17, 15) is 14.4 Å². The highest BCUT2D eigenvalue weighted by molar-refractivity contribution is 6.22. The predicted octanol–water partition coefficient (Wildman–Crippen LogP) is 0.835. The van der Waals surface area contributed by atoms with Crippen molar-refractivity contribution in [2.45, 2.75) is 45.1 Å². The predicted molar refractivity (Wildman–Crippen MR) is 61.2 cm³/mol. The number of carbonyl (C=O) groups excluding carboxylic acids is 3. The van der Waals surface area contributed by atoms with Crippen LogP contribution in [-0.4, -0.2) is 23.4 Å². The van der Waals surface area contributed by atoms with E-state index in [4.69, 9.17) is 4.74 Å². The van der Waals surface area contributed by atoms with Crippen LogP contribution < -0.4 is 5.32 Å². The summed E-state index contributed by atoms with van der Waals surface area (Å²) in [6.45, 7) is 3.35. The van der Waals surface area contributed by atoms with Crippen LogP contribution in [0.1, 0.15) is 39.5 Å². The molecule has 0 radical (unpaired) electrons. The van der Waals surface area contributed by atoms with Gasteiger partial charge in [0.05, 0.1) is 5.57 Å². The fourth-order valence-electron chi connectivity index (χ4n) is 3.88. The molecule has 3 rings (SSSR count). The third-order valence-corrected chi connectivity index (χ3v) is 4.56. The summed E-state index contributed by atoms with van der Waals surface area (Å²) in [5.74, 6) is -1.08. The quantitative estimate of drug-likeness (QED) is 0.581. The number of ether oxygens (including phenoxy) is 1. The number of amides is 2. The average molecular weight is 249 g/mol. The van der Waals surface area contributed by atoms with E-state index in [1.165, 1.54) is 6.92 Å². The lowest BCUT2D eigenvalue weighted by Gasteiger charge is -2.27. The minimum atomic E-state index is -0.854. The number of rotatable bonds is 2. The Hall–Kier alpha value is -1.65. The van der Waals surface area contributed by atoms with E-state index in [0.717, 1.165) is 12.8 Å². The van der Waals surface area contributed by atoms with E-state index in [0.29, 0.717) is 24.0 Å². The van der Waals surface area contributed by atoms with E-state index >= 15 is 0 Å². The maximum Gasteiger partial charge on any atom is 0.303 e. The number of hydrogen-bond donors (Lipinski definition) is 1. The molecule has 5 heteroatoms. The summed E-state index contributed by atoms with van der Waals surface area (Å²) in [6.07, 6.45) is 2.81. The summed E-state index contributed by atoms with van der Waals surface area (Å²) in [6, 6.07) is 0. The van der Waals surface area contributed by atoms with Crippen LogP contribution in [0.2, 0.25) is 0 Å². The lowest BCUT2D eigenvalue weighted by molar-refractivity contribution is -0.153. The van der Waals surface area contributed by atoms with E-state index in [1.54, 1.807) is 0 Å². The highest BCUT2D eigenvalue weighted by Gasteiger charge is 2.66. The summed E-state index contributed by atoms with van der Waals surface area (Å²) in [4.78, 5) is 35.1. The molecule has 0 spiro atoms. The van der Waals surface area contributed by atoms with Gasteiger partial charge in [0, 0.05) is 24.3 Å². The molecule has 0 aromatic heterocycles. The third kappa shape index (κ3) is 1.14. The highest BCUT2D eigenvalue weighted by Crippen LogP contribution is 2.63. The molecule has 2 bridgehead atoms. The molecule has 1 heterocycles. The first-order valence-corrected chi connectivity index (χ1v) is 6.25. The molecular weight excluding hydrogens is 234 g/mol. The molecule has 0 aromatic rings. The van der Waals surface area contributed by atoms with E-state index in [2.05, 4.69) is 5.32 Å². The van der Waals surface area contributed by atoms with Gasteiger partial charge in [-0.3, -0.25) is 19.7 Å². The second-order valence-electron chi connectivity index (χ2n) is 5.43. The van der Waals surface area contributed by atoms with E-state index in [-0.39, 0.29) is 17.2 Å². The Kier molecular flexibility index (Phi) is 2.04. The van der Waals surface area contributed by atoms with Gasteiger partial charge in [-0.15, -0.1) is 0 Å². The molecule has 5 nitrogen and oxygen atoms in total. The van der Waals surface area contributed by atoms with Crippen molar-refractivity contribution in [3.05, 3.63) is 11.1 Å². The Balaban J connectivity index is 2.16. The first-order valence-electron chi connectivity index (χ1n) is 6.25. The van der Waals surface area contributed by atoms with Crippen LogP contribution in [0.25, 0.3) is 0 Å². The third-order valence-electron chi connectivity index (χ3n) is 4.56. The first kappa shape index (κ1) is 11.4. The molecule has 18 heavy (non-hydrogen) atoms. The Morgan fingerprint density at radius 2 is 1.94 bits per heavy atom. The molecule has 96 valence electrons. The normalized spacial score (nSPS) is 37.0. The zero-order valence-corrected chi connectivity index (χ0v) is 10.5. The molecule has 2 amide bonds. The van der Waals surface area contributed by atoms with Crippen molar-refractivity contribution in [1.29, 1.82) is 0 Å². The average Bonchev–Trinajstić information content (AvgIpc) is 2.87. The Morgan fingerprint density at radius 3 is 2.56 bits per heavy atom. The van der Waals surface area contributed by atoms with Gasteiger partial charge in [-0.1, -0.05) is 6.92 Å². The zero-order chi connectivity index (χ0) is 13.1. The smallest absolute Gasteiger partial charge is 0.303 e. The molecule has 1 N–H and O–H groups in total. The maximum atomic E-state index is 11.9. The SMILES string of the molecule is CCC12CCC(OC(C)=O)(C1)C1=C2C(=O)NC1=O. The molecular formula is C13H15NO4. The van der Waals surface area contributed by atoms with Gasteiger partial charge < -0.3 is 4.74 Å². The maximum absolute atomic E-state index is 11.9. The molecule has 2 unspecified atom stereocenters. The fraction of sp³-hybridized carbons (Fsp3) is 0.615. The molecule has 0 saturated heterocycles. The van der Waals surface area contributed by atoms with Crippen molar-refractivity contribution < 1.29 is 19.1 Å². The standard InChI is InChI=1S/C13H15NO4/c1-3-12-4-5-13(6-12,18-7(2)15)9-8(12)10(16)14-11(9)17/h3-6H2,1-2H3,(H,14,16,17). The number of nitrogens with one attached hydrogen (secondary N) is 1. The molecule has 3 aliphatic rings. The lowest BCUT2D eigenvalue weighted by atomic mass is 9.77. The van der Waals surface area contributed by atoms with Gasteiger partial charge in [0.25, 0.3) is 11.8 Å². The molecule has 2 aliphatic carbocycles. The summed E-state index contributed by atoms with van der Waals surface area (Å²) in [5, 5.41) is 2.33. The Morgan fingerprint density at radius 1 is 1.28 bits per heavy atom. The fourth-order valence-corrected chi connectivity index (χ4v) is 3.88. The van der Waals surface area contributed by atoms with Crippen molar-refractivity contribution in [3.63, 3.8) is 0 Å². The topological polar surface area (TPSA) is 72.5 Å². The summed E-state index contributed by atoms with van der Waals surface area (Å²) in [5.41, 5.74) is -0.146. The van der Waals surface area contributed by atoms with Crippen LogP contribution >= 0.6 is 0 Å². The molecule has 0 aromatic carbocycles. The number of fused-ring (bicyclic) bond motifs is 4. The van der Waals surface area contributed by atoms with Gasteiger partial charge in [-0.05, 0) is 19.3 Å². The number of hydrogen-bond acceptors (Lipinski definition) is 4. The molecule has 1 saturated carbocycles. The molecule has 1 fully saturated rings. The van der Waals surface area contributed by atoms with Gasteiger partial charge in [-0.25, -0.2) is 0 Å². The Bertz CT molecular complexity index is 521. The van der Waals surface area contributed by atoms with Crippen molar-refractivity contribution in [2.75, 3.05) is 0 Å². The number of carbonyl (C=O) groups is 3. The van der Waals surface area contributed by atoms with E-state index < -0.39 is 11.6 Å². The second kappa shape index (κ2) is 3.22. The van der Waals surface area contributed by atoms with Crippen LogP contribution in [0.5, 0.6) is 0 Å². The van der Waals surface area contributed by atoms with Crippen molar-refractivity contribution in [1.82, 2.24) is 5.32 Å². The van der Waals surface area contributed by atoms with Gasteiger partial charge in [0.2, 0.25) is 0 Å². The minimum absolute atomic E-state index is 0.277. The number of esters is 1. The molecule has 2 atom stereocenters. The van der Waals surface area contributed by atoms with Gasteiger partial charge in [-0.2, -0.15) is 0 Å². The summed E-state index contributed by atoms with van der Waals surface area (Å²) >= 11 is 0. The minimum Gasteiger partial charge on any atom is -0.454 e. The second-order valence-corrected chi connectivity index (χ2v) is 5.43. The highest BCUT2D eigenvalue weighted by atomic mass is 16.6. The Labute approximate surface area is 105 Å². The van der Waals surface area contributed by atoms with Crippen LogP contribution in [0.15, 0.2) is 11.1 Å². The lowest BCUT2D eigenvalue weighted by Crippen LogP contribution is -2.38. The van der Waals surface area contributed by atoms with Gasteiger partial charge in [0.1, 0.15) is 5.60 Å². The molecule has 1 aliphatic heterocycles. The summed E-state index contributed by atoms with van der Waals surface area (Å²) in [7, 11) is 0. The van der Waals surface area contributed by atoms with Gasteiger partial charge in [0.15, 0.2) is 0 Å². The van der Waals surface area contributed by atoms with Crippen LogP contribution in [0.3, 0.4) is 0 Å². The number of imide groups is 1. The first-order chi connectivity index (χ1) is 8.44.